The number of ether oxygens (including phenoxy) is 1. The van der Waals surface area contributed by atoms with Gasteiger partial charge >= 0.3 is 5.97 Å². The molecule has 0 spiro atoms. The van der Waals surface area contributed by atoms with Crippen molar-refractivity contribution in [3.05, 3.63) is 47.8 Å². The van der Waals surface area contributed by atoms with Crippen molar-refractivity contribution in [3.8, 4) is 16.9 Å². The summed E-state index contributed by atoms with van der Waals surface area (Å²) in [6.07, 6.45) is 4.31. The topological polar surface area (TPSA) is 59.4 Å². The van der Waals surface area contributed by atoms with Gasteiger partial charge in [0.1, 0.15) is 5.75 Å². The molecule has 104 valence electrons. The van der Waals surface area contributed by atoms with Crippen LogP contribution >= 0.6 is 0 Å². The van der Waals surface area contributed by atoms with Crippen LogP contribution in [0.1, 0.15) is 29.3 Å². The summed E-state index contributed by atoms with van der Waals surface area (Å²) >= 11 is 0. The fraction of sp³-hybridized carbons (Fsp3) is 0.250. The van der Waals surface area contributed by atoms with Crippen molar-refractivity contribution in [2.45, 2.75) is 20.3 Å². The van der Waals surface area contributed by atoms with Crippen molar-refractivity contribution in [1.29, 1.82) is 0 Å². The molecule has 0 saturated heterocycles. The molecule has 0 aliphatic heterocycles. The van der Waals surface area contributed by atoms with E-state index in [-0.39, 0.29) is 0 Å². The fourth-order valence-electron chi connectivity index (χ4n) is 2.05. The molecule has 0 amide bonds. The lowest BCUT2D eigenvalue weighted by molar-refractivity contribution is 0.0696. The molecule has 1 aromatic carbocycles. The van der Waals surface area contributed by atoms with Gasteiger partial charge in [-0.2, -0.15) is 0 Å². The lowest BCUT2D eigenvalue weighted by Crippen LogP contribution is -2.01. The molecule has 0 fully saturated rings. The third kappa shape index (κ3) is 2.96. The first-order valence-electron chi connectivity index (χ1n) is 6.54. The smallest absolute Gasteiger partial charge is 0.335 e. The summed E-state index contributed by atoms with van der Waals surface area (Å²) in [5.41, 5.74) is 2.76. The van der Waals surface area contributed by atoms with Gasteiger partial charge < -0.3 is 9.84 Å². The van der Waals surface area contributed by atoms with Gasteiger partial charge in [-0.1, -0.05) is 19.1 Å². The predicted molar refractivity (Wildman–Crippen MR) is 77.2 cm³/mol. The molecule has 0 saturated carbocycles. The molecular weight excluding hydrogens is 254 g/mol. The number of carboxylic acids is 1. The van der Waals surface area contributed by atoms with Gasteiger partial charge in [-0.3, -0.25) is 4.98 Å². The number of nitrogens with zero attached hydrogens (tertiary/aromatic N) is 1. The first-order chi connectivity index (χ1) is 9.63. The van der Waals surface area contributed by atoms with E-state index in [1.165, 1.54) is 0 Å². The Morgan fingerprint density at radius 2 is 2.15 bits per heavy atom. The van der Waals surface area contributed by atoms with E-state index in [1.807, 2.05) is 19.1 Å². The van der Waals surface area contributed by atoms with Crippen LogP contribution in [-0.2, 0) is 0 Å². The van der Waals surface area contributed by atoms with Crippen molar-refractivity contribution < 1.29 is 14.6 Å². The van der Waals surface area contributed by atoms with Gasteiger partial charge in [0.25, 0.3) is 0 Å². The highest BCUT2D eigenvalue weighted by Gasteiger charge is 2.11. The van der Waals surface area contributed by atoms with Crippen LogP contribution in [-0.4, -0.2) is 22.7 Å². The van der Waals surface area contributed by atoms with Crippen LogP contribution in [0.5, 0.6) is 5.75 Å². The molecule has 1 N–H and O–H groups in total. The van der Waals surface area contributed by atoms with Crippen molar-refractivity contribution in [3.63, 3.8) is 0 Å². The fourth-order valence-corrected chi connectivity index (χ4v) is 2.05. The first-order valence-corrected chi connectivity index (χ1v) is 6.54. The number of benzene rings is 1. The number of hydrogen-bond acceptors (Lipinski definition) is 3. The molecule has 4 nitrogen and oxygen atoms in total. The lowest BCUT2D eigenvalue weighted by atomic mass is 9.97. The Bertz CT molecular complexity index is 623. The summed E-state index contributed by atoms with van der Waals surface area (Å²) in [5, 5.41) is 9.17. The Kier molecular flexibility index (Phi) is 4.35. The third-order valence-corrected chi connectivity index (χ3v) is 3.06. The average Bonchev–Trinajstić information content (AvgIpc) is 2.45. The number of aromatic carboxylic acids is 1. The van der Waals surface area contributed by atoms with Crippen LogP contribution in [0.15, 0.2) is 36.7 Å². The van der Waals surface area contributed by atoms with Gasteiger partial charge in [0.05, 0.1) is 18.4 Å². The van der Waals surface area contributed by atoms with Gasteiger partial charge in [-0.05, 0) is 36.6 Å². The molecule has 4 heteroatoms. The van der Waals surface area contributed by atoms with Crippen LogP contribution in [0.25, 0.3) is 11.1 Å². The molecule has 0 radical (unpaired) electrons. The second-order valence-corrected chi connectivity index (χ2v) is 4.54. The van der Waals surface area contributed by atoms with E-state index in [4.69, 9.17) is 9.84 Å². The van der Waals surface area contributed by atoms with Gasteiger partial charge in [0, 0.05) is 11.8 Å². The first kappa shape index (κ1) is 14.1. The highest BCUT2D eigenvalue weighted by Crippen LogP contribution is 2.27. The number of aromatic nitrogens is 1. The molecule has 2 aromatic rings. The van der Waals surface area contributed by atoms with E-state index in [0.717, 1.165) is 23.1 Å². The highest BCUT2D eigenvalue weighted by atomic mass is 16.5. The maximum Gasteiger partial charge on any atom is 0.335 e. The molecule has 0 atom stereocenters. The van der Waals surface area contributed by atoms with E-state index in [0.29, 0.717) is 17.9 Å². The molecule has 20 heavy (non-hydrogen) atoms. The third-order valence-electron chi connectivity index (χ3n) is 3.06. The molecule has 0 aliphatic rings. The SMILES string of the molecule is CCCOc1cncc(-c2cccc(C(=O)O)c2C)c1. The summed E-state index contributed by atoms with van der Waals surface area (Å²) in [5.74, 6) is -0.222. The zero-order valence-electron chi connectivity index (χ0n) is 11.6. The quantitative estimate of drug-likeness (QED) is 0.903. The number of hydrogen-bond donors (Lipinski definition) is 1. The summed E-state index contributed by atoms with van der Waals surface area (Å²) in [7, 11) is 0. The largest absolute Gasteiger partial charge is 0.492 e. The molecule has 1 aromatic heterocycles. The Hall–Kier alpha value is -2.36. The van der Waals surface area contributed by atoms with E-state index in [1.54, 1.807) is 31.5 Å². The van der Waals surface area contributed by atoms with E-state index in [9.17, 15) is 4.79 Å². The minimum Gasteiger partial charge on any atom is -0.492 e. The Morgan fingerprint density at radius 1 is 1.35 bits per heavy atom. The van der Waals surface area contributed by atoms with E-state index < -0.39 is 5.97 Å². The molecule has 1 heterocycles. The maximum atomic E-state index is 11.2. The van der Waals surface area contributed by atoms with Gasteiger partial charge in [0.15, 0.2) is 0 Å². The van der Waals surface area contributed by atoms with Crippen LogP contribution in [0.4, 0.5) is 0 Å². The Morgan fingerprint density at radius 3 is 2.85 bits per heavy atom. The molecule has 0 aliphatic carbocycles. The normalized spacial score (nSPS) is 10.3. The Labute approximate surface area is 118 Å². The van der Waals surface area contributed by atoms with E-state index >= 15 is 0 Å². The average molecular weight is 271 g/mol. The monoisotopic (exact) mass is 271 g/mol. The van der Waals surface area contributed by atoms with Crippen LogP contribution in [0, 0.1) is 6.92 Å². The lowest BCUT2D eigenvalue weighted by Gasteiger charge is -2.10. The second kappa shape index (κ2) is 6.19. The summed E-state index contributed by atoms with van der Waals surface area (Å²) in [6.45, 7) is 4.48. The van der Waals surface area contributed by atoms with Crippen LogP contribution in [0.2, 0.25) is 0 Å². The van der Waals surface area contributed by atoms with Crippen molar-refractivity contribution >= 4 is 5.97 Å². The highest BCUT2D eigenvalue weighted by molar-refractivity contribution is 5.92. The Balaban J connectivity index is 2.41. The van der Waals surface area contributed by atoms with Crippen molar-refractivity contribution in [1.82, 2.24) is 4.98 Å². The van der Waals surface area contributed by atoms with Crippen LogP contribution in [0.3, 0.4) is 0 Å². The zero-order valence-corrected chi connectivity index (χ0v) is 11.6. The molecule has 0 bridgehead atoms. The summed E-state index contributed by atoms with van der Waals surface area (Å²) in [6, 6.07) is 7.12. The minimum absolute atomic E-state index is 0.308. The van der Waals surface area contributed by atoms with E-state index in [2.05, 4.69) is 4.98 Å². The van der Waals surface area contributed by atoms with Crippen molar-refractivity contribution in [2.24, 2.45) is 0 Å². The zero-order chi connectivity index (χ0) is 14.5. The summed E-state index contributed by atoms with van der Waals surface area (Å²) in [4.78, 5) is 15.3. The number of carboxylic acid groups (broad SMARTS) is 1. The van der Waals surface area contributed by atoms with Gasteiger partial charge in [0.2, 0.25) is 0 Å². The molecule has 0 unspecified atom stereocenters. The number of pyridine rings is 1. The standard InChI is InChI=1S/C16H17NO3/c1-3-7-20-13-8-12(9-17-10-13)14-5-4-6-15(11(14)2)16(18)19/h4-6,8-10H,3,7H2,1-2H3,(H,18,19). The second-order valence-electron chi connectivity index (χ2n) is 4.54. The van der Waals surface area contributed by atoms with Crippen molar-refractivity contribution in [2.75, 3.05) is 6.61 Å². The van der Waals surface area contributed by atoms with Gasteiger partial charge in [-0.15, -0.1) is 0 Å². The number of rotatable bonds is 5. The van der Waals surface area contributed by atoms with Gasteiger partial charge in [-0.25, -0.2) is 4.79 Å². The van der Waals surface area contributed by atoms with Crippen LogP contribution < -0.4 is 4.74 Å². The molecule has 2 rings (SSSR count). The maximum absolute atomic E-state index is 11.2. The predicted octanol–water partition coefficient (Wildman–Crippen LogP) is 3.54. The summed E-state index contributed by atoms with van der Waals surface area (Å²) < 4.78 is 5.56. The molecular formula is C16H17NO3. The minimum atomic E-state index is -0.921. The number of carbonyl (C=O) groups is 1.